The number of alkyl halides is 3. The third-order valence-corrected chi connectivity index (χ3v) is 4.42. The van der Waals surface area contributed by atoms with Crippen molar-refractivity contribution in [3.05, 3.63) is 47.0 Å². The van der Waals surface area contributed by atoms with Gasteiger partial charge < -0.3 is 14.6 Å². The molecule has 1 aliphatic rings. The summed E-state index contributed by atoms with van der Waals surface area (Å²) in [6.45, 7) is 0. The Morgan fingerprint density at radius 3 is 2.65 bits per heavy atom. The minimum Gasteiger partial charge on any atom is -0.497 e. The van der Waals surface area contributed by atoms with E-state index >= 15 is 0 Å². The summed E-state index contributed by atoms with van der Waals surface area (Å²) in [6.07, 6.45) is -7.57. The minimum absolute atomic E-state index is 0.0116. The van der Waals surface area contributed by atoms with E-state index in [0.717, 1.165) is 0 Å². The molecule has 8 heteroatoms. The molecule has 0 amide bonds. The number of carbonyl (C=O) groups is 1. The number of fused-ring (bicyclic) bond motifs is 1. The Bertz CT molecular complexity index is 851. The van der Waals surface area contributed by atoms with Crippen molar-refractivity contribution >= 4 is 17.6 Å². The van der Waals surface area contributed by atoms with Crippen LogP contribution in [0.1, 0.15) is 5.56 Å². The fraction of sp³-hybridized carbons (Fsp3) is 0.278. The molecule has 0 aliphatic carbocycles. The van der Waals surface area contributed by atoms with Crippen molar-refractivity contribution in [2.45, 2.75) is 18.7 Å². The van der Waals surface area contributed by atoms with Crippen molar-refractivity contribution in [3.8, 4) is 22.6 Å². The van der Waals surface area contributed by atoms with Gasteiger partial charge in [0, 0.05) is 10.6 Å². The van der Waals surface area contributed by atoms with Crippen LogP contribution in [-0.4, -0.2) is 30.5 Å². The summed E-state index contributed by atoms with van der Waals surface area (Å²) in [5.74, 6) is -2.80. The van der Waals surface area contributed by atoms with Crippen LogP contribution in [-0.2, 0) is 11.2 Å². The summed E-state index contributed by atoms with van der Waals surface area (Å²) in [5, 5.41) is 9.47. The van der Waals surface area contributed by atoms with Gasteiger partial charge in [0.1, 0.15) is 17.4 Å². The van der Waals surface area contributed by atoms with E-state index in [0.29, 0.717) is 22.4 Å². The molecule has 1 heterocycles. The zero-order valence-corrected chi connectivity index (χ0v) is 14.3. The first-order valence-electron chi connectivity index (χ1n) is 7.63. The third kappa shape index (κ3) is 3.44. The van der Waals surface area contributed by atoms with Crippen LogP contribution in [0.2, 0.25) is 5.02 Å². The van der Waals surface area contributed by atoms with E-state index < -0.39 is 24.2 Å². The van der Waals surface area contributed by atoms with Gasteiger partial charge >= 0.3 is 12.1 Å². The first-order chi connectivity index (χ1) is 12.2. The van der Waals surface area contributed by atoms with Crippen LogP contribution in [0.25, 0.3) is 11.1 Å². The zero-order chi connectivity index (χ0) is 19.1. The molecule has 1 aliphatic heterocycles. The van der Waals surface area contributed by atoms with Crippen LogP contribution in [0.15, 0.2) is 36.4 Å². The smallest absolute Gasteiger partial charge is 0.426 e. The molecule has 2 aromatic rings. The van der Waals surface area contributed by atoms with Crippen LogP contribution in [0.5, 0.6) is 11.5 Å². The normalized spacial score (nSPS) is 19.4. The average molecular weight is 387 g/mol. The number of hydrogen-bond acceptors (Lipinski definition) is 3. The quantitative estimate of drug-likeness (QED) is 0.838. The molecule has 2 aromatic carbocycles. The number of rotatable bonds is 3. The number of carboxylic acid groups (broad SMARTS) is 1. The van der Waals surface area contributed by atoms with Crippen LogP contribution < -0.4 is 9.47 Å². The number of carboxylic acids is 1. The summed E-state index contributed by atoms with van der Waals surface area (Å²) in [6, 6.07) is 9.63. The molecule has 0 fully saturated rings. The zero-order valence-electron chi connectivity index (χ0n) is 13.5. The molecule has 0 saturated carbocycles. The Kier molecular flexibility index (Phi) is 4.75. The number of hydrogen-bond donors (Lipinski definition) is 1. The van der Waals surface area contributed by atoms with E-state index in [1.54, 1.807) is 24.3 Å². The molecule has 26 heavy (non-hydrogen) atoms. The molecule has 3 rings (SSSR count). The molecule has 2 unspecified atom stereocenters. The molecule has 1 N–H and O–H groups in total. The van der Waals surface area contributed by atoms with Crippen molar-refractivity contribution in [1.29, 1.82) is 0 Å². The van der Waals surface area contributed by atoms with Crippen molar-refractivity contribution in [3.63, 3.8) is 0 Å². The monoisotopic (exact) mass is 386 g/mol. The Labute approximate surface area is 152 Å². The van der Waals surface area contributed by atoms with E-state index in [-0.39, 0.29) is 17.2 Å². The fourth-order valence-electron chi connectivity index (χ4n) is 3.01. The van der Waals surface area contributed by atoms with Gasteiger partial charge in [-0.3, -0.25) is 4.79 Å². The molecular weight excluding hydrogens is 373 g/mol. The average Bonchev–Trinajstić information content (AvgIpc) is 2.59. The lowest BCUT2D eigenvalue weighted by atomic mass is 9.88. The van der Waals surface area contributed by atoms with Crippen molar-refractivity contribution in [2.75, 3.05) is 7.11 Å². The third-order valence-electron chi connectivity index (χ3n) is 4.20. The molecule has 0 radical (unpaired) electrons. The summed E-state index contributed by atoms with van der Waals surface area (Å²) < 4.78 is 50.4. The second-order valence-corrected chi connectivity index (χ2v) is 6.34. The highest BCUT2D eigenvalue weighted by atomic mass is 35.5. The number of halogens is 4. The second-order valence-electron chi connectivity index (χ2n) is 5.90. The number of benzene rings is 2. The summed E-state index contributed by atoms with van der Waals surface area (Å²) in [7, 11) is 1.47. The molecular formula is C18H14ClF3O4. The van der Waals surface area contributed by atoms with Gasteiger partial charge in [0.25, 0.3) is 0 Å². The van der Waals surface area contributed by atoms with Gasteiger partial charge in [-0.05, 0) is 41.8 Å². The first kappa shape index (κ1) is 18.4. The van der Waals surface area contributed by atoms with Gasteiger partial charge in [-0.15, -0.1) is 0 Å². The maximum atomic E-state index is 13.3. The van der Waals surface area contributed by atoms with Gasteiger partial charge in [0.2, 0.25) is 6.10 Å². The topological polar surface area (TPSA) is 55.8 Å². The Morgan fingerprint density at radius 1 is 1.31 bits per heavy atom. The highest BCUT2D eigenvalue weighted by molar-refractivity contribution is 6.31. The Balaban J connectivity index is 2.15. The van der Waals surface area contributed by atoms with E-state index in [1.807, 2.05) is 0 Å². The predicted molar refractivity (Wildman–Crippen MR) is 88.7 cm³/mol. The molecule has 4 nitrogen and oxygen atoms in total. The maximum Gasteiger partial charge on any atom is 0.426 e. The lowest BCUT2D eigenvalue weighted by molar-refractivity contribution is -0.217. The number of methoxy groups -OCH3 is 1. The molecule has 0 saturated heterocycles. The number of aliphatic carboxylic acids is 1. The largest absolute Gasteiger partial charge is 0.497 e. The van der Waals surface area contributed by atoms with Crippen molar-refractivity contribution < 1.29 is 32.5 Å². The number of ether oxygens (including phenoxy) is 2. The van der Waals surface area contributed by atoms with Crippen LogP contribution in [0.3, 0.4) is 0 Å². The summed E-state index contributed by atoms with van der Waals surface area (Å²) in [4.78, 5) is 11.3. The first-order valence-corrected chi connectivity index (χ1v) is 8.01. The van der Waals surface area contributed by atoms with Gasteiger partial charge in [0.05, 0.1) is 7.11 Å². The lowest BCUT2D eigenvalue weighted by Gasteiger charge is -2.33. The minimum atomic E-state index is -4.81. The van der Waals surface area contributed by atoms with Crippen molar-refractivity contribution in [2.24, 2.45) is 5.92 Å². The Hall–Kier alpha value is -2.41. The van der Waals surface area contributed by atoms with E-state index in [9.17, 15) is 23.1 Å². The van der Waals surface area contributed by atoms with E-state index in [1.165, 1.54) is 19.2 Å². The Morgan fingerprint density at radius 2 is 2.04 bits per heavy atom. The SMILES string of the molecule is COc1cccc(-c2cc(Cl)cc3c2OC(C(F)(F)F)C(C(=O)O)C3)c1. The maximum absolute atomic E-state index is 13.3. The molecule has 0 spiro atoms. The second kappa shape index (κ2) is 6.72. The van der Waals surface area contributed by atoms with E-state index in [4.69, 9.17) is 21.1 Å². The van der Waals surface area contributed by atoms with Crippen molar-refractivity contribution in [1.82, 2.24) is 0 Å². The van der Waals surface area contributed by atoms with Gasteiger partial charge in [-0.2, -0.15) is 13.2 Å². The molecule has 138 valence electrons. The van der Waals surface area contributed by atoms with Gasteiger partial charge in [-0.1, -0.05) is 23.7 Å². The highest BCUT2D eigenvalue weighted by Gasteiger charge is 2.52. The van der Waals surface area contributed by atoms with Gasteiger partial charge in [-0.25, -0.2) is 0 Å². The predicted octanol–water partition coefficient (Wildman–Crippen LogP) is 4.58. The molecule has 0 bridgehead atoms. The van der Waals surface area contributed by atoms with Crippen LogP contribution >= 0.6 is 11.6 Å². The molecule has 0 aromatic heterocycles. The van der Waals surface area contributed by atoms with Crippen LogP contribution in [0.4, 0.5) is 13.2 Å². The fourth-order valence-corrected chi connectivity index (χ4v) is 3.25. The highest BCUT2D eigenvalue weighted by Crippen LogP contribution is 2.45. The van der Waals surface area contributed by atoms with E-state index in [2.05, 4.69) is 0 Å². The summed E-state index contributed by atoms with van der Waals surface area (Å²) in [5.41, 5.74) is 1.23. The van der Waals surface area contributed by atoms with Crippen LogP contribution in [0, 0.1) is 5.92 Å². The standard InChI is InChI=1S/C18H14ClF3O4/c1-25-12-4-2-3-9(6-12)13-8-11(19)5-10-7-14(17(23)24)16(18(20,21)22)26-15(10)13/h2-6,8,14,16H,7H2,1H3,(H,23,24). The van der Waals surface area contributed by atoms with Gasteiger partial charge in [0.15, 0.2) is 0 Å². The molecule has 2 atom stereocenters. The summed E-state index contributed by atoms with van der Waals surface area (Å²) >= 11 is 6.10. The lowest BCUT2D eigenvalue weighted by Crippen LogP contribution is -2.47.